The van der Waals surface area contributed by atoms with Crippen molar-refractivity contribution in [2.45, 2.75) is 25.7 Å². The van der Waals surface area contributed by atoms with Gasteiger partial charge in [0.2, 0.25) is 11.8 Å². The number of benzene rings is 1. The van der Waals surface area contributed by atoms with Gasteiger partial charge in [-0.2, -0.15) is 4.98 Å². The van der Waals surface area contributed by atoms with Gasteiger partial charge in [0, 0.05) is 18.9 Å². The van der Waals surface area contributed by atoms with E-state index in [0.29, 0.717) is 34.7 Å². The molecule has 0 aliphatic heterocycles. The van der Waals surface area contributed by atoms with E-state index in [1.807, 2.05) is 12.1 Å². The van der Waals surface area contributed by atoms with Gasteiger partial charge in [-0.15, -0.1) is 0 Å². The van der Waals surface area contributed by atoms with Crippen molar-refractivity contribution in [3.8, 4) is 0 Å². The first-order valence-corrected chi connectivity index (χ1v) is 7.82. The summed E-state index contributed by atoms with van der Waals surface area (Å²) in [4.78, 5) is 16.2. The van der Waals surface area contributed by atoms with Crippen LogP contribution in [0.3, 0.4) is 0 Å². The predicted octanol–water partition coefficient (Wildman–Crippen LogP) is 3.15. The lowest BCUT2D eigenvalue weighted by Gasteiger charge is -2.06. The molecule has 1 fully saturated rings. The van der Waals surface area contributed by atoms with Gasteiger partial charge in [0.25, 0.3) is 0 Å². The number of carbonyl (C=O) groups is 1. The summed E-state index contributed by atoms with van der Waals surface area (Å²) < 4.78 is 5.00. The van der Waals surface area contributed by atoms with Crippen molar-refractivity contribution >= 4 is 29.1 Å². The van der Waals surface area contributed by atoms with Gasteiger partial charge in [-0.1, -0.05) is 40.5 Å². The van der Waals surface area contributed by atoms with E-state index in [9.17, 15) is 4.79 Å². The van der Waals surface area contributed by atoms with Gasteiger partial charge in [-0.05, 0) is 30.9 Å². The number of amides is 1. The normalized spacial score (nSPS) is 20.0. The molecule has 7 heteroatoms. The first-order valence-electron chi connectivity index (χ1n) is 7.07. The third kappa shape index (κ3) is 3.25. The molecule has 1 aliphatic carbocycles. The summed E-state index contributed by atoms with van der Waals surface area (Å²) in [7, 11) is 0. The van der Waals surface area contributed by atoms with Gasteiger partial charge in [0.05, 0.1) is 10.0 Å². The van der Waals surface area contributed by atoms with Crippen LogP contribution >= 0.6 is 23.2 Å². The zero-order valence-corrected chi connectivity index (χ0v) is 13.5. The number of halogens is 2. The quantitative estimate of drug-likeness (QED) is 0.908. The van der Waals surface area contributed by atoms with Crippen LogP contribution < -0.4 is 5.32 Å². The Kier molecular flexibility index (Phi) is 4.36. The lowest BCUT2D eigenvalue weighted by Crippen LogP contribution is -2.27. The Morgan fingerprint density at radius 3 is 3.00 bits per heavy atom. The second-order valence-electron chi connectivity index (χ2n) is 5.37. The molecule has 1 aliphatic rings. The van der Waals surface area contributed by atoms with Crippen LogP contribution in [0.15, 0.2) is 22.7 Å². The van der Waals surface area contributed by atoms with E-state index < -0.39 is 0 Å². The summed E-state index contributed by atoms with van der Waals surface area (Å²) in [6.45, 7) is 2.24. The second-order valence-corrected chi connectivity index (χ2v) is 6.15. The van der Waals surface area contributed by atoms with Crippen LogP contribution in [0, 0.1) is 12.8 Å². The molecule has 2 aromatic rings. The molecule has 1 saturated carbocycles. The fraction of sp³-hybridized carbons (Fsp3) is 0.400. The number of hydrogen-bond donors (Lipinski definition) is 1. The highest BCUT2D eigenvalue weighted by Gasteiger charge is 2.44. The zero-order valence-electron chi connectivity index (χ0n) is 12.0. The van der Waals surface area contributed by atoms with Gasteiger partial charge in [-0.3, -0.25) is 4.79 Å². The first kappa shape index (κ1) is 15.3. The Labute approximate surface area is 138 Å². The van der Waals surface area contributed by atoms with E-state index in [1.165, 1.54) is 0 Å². The molecule has 1 aromatic carbocycles. The summed E-state index contributed by atoms with van der Waals surface area (Å²) in [6, 6.07) is 5.53. The summed E-state index contributed by atoms with van der Waals surface area (Å²) >= 11 is 12.2. The molecule has 1 N–H and O–H groups in total. The highest BCUT2D eigenvalue weighted by Crippen LogP contribution is 2.50. The molecule has 0 bridgehead atoms. The number of nitrogens with zero attached hydrogens (tertiary/aromatic N) is 2. The number of rotatable bonds is 5. The van der Waals surface area contributed by atoms with Gasteiger partial charge < -0.3 is 9.84 Å². The van der Waals surface area contributed by atoms with E-state index in [4.69, 9.17) is 27.7 Å². The van der Waals surface area contributed by atoms with Gasteiger partial charge in [-0.25, -0.2) is 0 Å². The molecule has 0 saturated heterocycles. The number of aryl methyl sites for hydroxylation is 1. The van der Waals surface area contributed by atoms with Gasteiger partial charge in [0.15, 0.2) is 5.82 Å². The number of nitrogens with one attached hydrogen (secondary N) is 1. The molecule has 116 valence electrons. The SMILES string of the molecule is Cc1noc(CCNC(=O)C2CC2c2cccc(Cl)c2Cl)n1. The highest BCUT2D eigenvalue weighted by molar-refractivity contribution is 6.42. The van der Waals surface area contributed by atoms with Crippen molar-refractivity contribution in [1.82, 2.24) is 15.5 Å². The third-order valence-electron chi connectivity index (χ3n) is 3.72. The van der Waals surface area contributed by atoms with Crippen molar-refractivity contribution in [3.63, 3.8) is 0 Å². The van der Waals surface area contributed by atoms with Crippen LogP contribution in [0.25, 0.3) is 0 Å². The van der Waals surface area contributed by atoms with Crippen LogP contribution in [0.1, 0.15) is 29.6 Å². The van der Waals surface area contributed by atoms with E-state index >= 15 is 0 Å². The lowest BCUT2D eigenvalue weighted by atomic mass is 10.1. The average molecular weight is 340 g/mol. The Bertz CT molecular complexity index is 702. The van der Waals surface area contributed by atoms with Gasteiger partial charge in [0.1, 0.15) is 0 Å². The monoisotopic (exact) mass is 339 g/mol. The van der Waals surface area contributed by atoms with Crippen molar-refractivity contribution in [3.05, 3.63) is 45.5 Å². The molecule has 1 amide bonds. The molecule has 2 atom stereocenters. The fourth-order valence-corrected chi connectivity index (χ4v) is 2.95. The Hall–Kier alpha value is -1.59. The molecule has 2 unspecified atom stereocenters. The minimum Gasteiger partial charge on any atom is -0.355 e. The highest BCUT2D eigenvalue weighted by atomic mass is 35.5. The van der Waals surface area contributed by atoms with E-state index in [0.717, 1.165) is 12.0 Å². The average Bonchev–Trinajstić information content (AvgIpc) is 3.18. The molecular weight excluding hydrogens is 325 g/mol. The predicted molar refractivity (Wildman–Crippen MR) is 83.1 cm³/mol. The number of carbonyl (C=O) groups excluding carboxylic acids is 1. The van der Waals surface area contributed by atoms with Crippen LogP contribution in [0.4, 0.5) is 0 Å². The van der Waals surface area contributed by atoms with Crippen LogP contribution in [0.2, 0.25) is 10.0 Å². The fourth-order valence-electron chi connectivity index (χ4n) is 2.50. The maximum absolute atomic E-state index is 12.1. The summed E-state index contributed by atoms with van der Waals surface area (Å²) in [6.07, 6.45) is 1.33. The minimum absolute atomic E-state index is 0.0253. The second kappa shape index (κ2) is 6.26. The summed E-state index contributed by atoms with van der Waals surface area (Å²) in [5, 5.41) is 7.67. The van der Waals surface area contributed by atoms with Crippen LogP contribution in [0.5, 0.6) is 0 Å². The lowest BCUT2D eigenvalue weighted by molar-refractivity contribution is -0.122. The Balaban J connectivity index is 1.51. The Morgan fingerprint density at radius 1 is 1.45 bits per heavy atom. The van der Waals surface area contributed by atoms with Gasteiger partial charge >= 0.3 is 0 Å². The third-order valence-corrected chi connectivity index (χ3v) is 4.55. The molecular formula is C15H15Cl2N3O2. The van der Waals surface area contributed by atoms with E-state index in [-0.39, 0.29) is 17.7 Å². The van der Waals surface area contributed by atoms with Crippen molar-refractivity contribution < 1.29 is 9.32 Å². The molecule has 0 radical (unpaired) electrons. The van der Waals surface area contributed by atoms with E-state index in [1.54, 1.807) is 13.0 Å². The topological polar surface area (TPSA) is 68.0 Å². The summed E-state index contributed by atoms with van der Waals surface area (Å²) in [5.74, 6) is 1.26. The molecule has 0 spiro atoms. The Morgan fingerprint density at radius 2 is 2.27 bits per heavy atom. The standard InChI is InChI=1S/C15H15Cl2N3O2/c1-8-19-13(22-20-8)5-6-18-15(21)11-7-10(11)9-3-2-4-12(16)14(9)17/h2-4,10-11H,5-7H2,1H3,(H,18,21). The maximum Gasteiger partial charge on any atom is 0.228 e. The minimum atomic E-state index is -0.0413. The maximum atomic E-state index is 12.1. The molecule has 3 rings (SSSR count). The smallest absolute Gasteiger partial charge is 0.228 e. The molecule has 1 aromatic heterocycles. The first-order chi connectivity index (χ1) is 10.6. The molecule has 22 heavy (non-hydrogen) atoms. The zero-order chi connectivity index (χ0) is 15.7. The largest absolute Gasteiger partial charge is 0.355 e. The molecule has 1 heterocycles. The number of aromatic nitrogens is 2. The molecule has 5 nitrogen and oxygen atoms in total. The van der Waals surface area contributed by atoms with Crippen LogP contribution in [-0.2, 0) is 11.2 Å². The van der Waals surface area contributed by atoms with Crippen molar-refractivity contribution in [1.29, 1.82) is 0 Å². The van der Waals surface area contributed by atoms with Crippen molar-refractivity contribution in [2.75, 3.05) is 6.54 Å². The summed E-state index contributed by atoms with van der Waals surface area (Å²) in [5.41, 5.74) is 0.946. The number of hydrogen-bond acceptors (Lipinski definition) is 4. The van der Waals surface area contributed by atoms with Crippen LogP contribution in [-0.4, -0.2) is 22.6 Å². The van der Waals surface area contributed by atoms with E-state index in [2.05, 4.69) is 15.5 Å². The van der Waals surface area contributed by atoms with Crippen molar-refractivity contribution in [2.24, 2.45) is 5.92 Å².